The second-order valence-corrected chi connectivity index (χ2v) is 6.34. The molecular formula is C14H25N3O3. The number of ether oxygens (including phenoxy) is 1. The van der Waals surface area contributed by atoms with Gasteiger partial charge in [0, 0.05) is 39.9 Å². The Balaban J connectivity index is 2.25. The monoisotopic (exact) mass is 283 g/mol. The highest BCUT2D eigenvalue weighted by Gasteiger charge is 2.49. The maximum Gasteiger partial charge on any atom is 0.247 e. The van der Waals surface area contributed by atoms with Crippen LogP contribution < -0.4 is 5.73 Å². The Morgan fingerprint density at radius 2 is 1.90 bits per heavy atom. The van der Waals surface area contributed by atoms with Crippen molar-refractivity contribution in [3.8, 4) is 0 Å². The van der Waals surface area contributed by atoms with E-state index in [1.54, 1.807) is 16.8 Å². The summed E-state index contributed by atoms with van der Waals surface area (Å²) >= 11 is 0. The van der Waals surface area contributed by atoms with Crippen LogP contribution in [0.15, 0.2) is 0 Å². The van der Waals surface area contributed by atoms with Gasteiger partial charge in [0.05, 0.1) is 5.41 Å². The lowest BCUT2D eigenvalue weighted by Crippen LogP contribution is -2.67. The fraction of sp³-hybridized carbons (Fsp3) is 0.857. The number of amides is 2. The highest BCUT2D eigenvalue weighted by molar-refractivity contribution is 5.93. The van der Waals surface area contributed by atoms with E-state index in [0.717, 1.165) is 0 Å². The first-order valence-electron chi connectivity index (χ1n) is 7.20. The predicted molar refractivity (Wildman–Crippen MR) is 75.0 cm³/mol. The molecule has 0 unspecified atom stereocenters. The molecule has 20 heavy (non-hydrogen) atoms. The van der Waals surface area contributed by atoms with Gasteiger partial charge in [-0.1, -0.05) is 0 Å². The molecule has 0 saturated carbocycles. The van der Waals surface area contributed by atoms with Gasteiger partial charge in [0.1, 0.15) is 5.54 Å². The molecule has 2 aliphatic rings. The molecule has 0 radical (unpaired) electrons. The Bertz CT molecular complexity index is 402. The van der Waals surface area contributed by atoms with Crippen LogP contribution in [0.4, 0.5) is 0 Å². The van der Waals surface area contributed by atoms with Crippen molar-refractivity contribution in [1.82, 2.24) is 9.80 Å². The largest absolute Gasteiger partial charge is 0.381 e. The number of carbonyl (C=O) groups is 2. The van der Waals surface area contributed by atoms with Crippen LogP contribution in [0.5, 0.6) is 0 Å². The minimum absolute atomic E-state index is 0.00903. The summed E-state index contributed by atoms with van der Waals surface area (Å²) in [4.78, 5) is 28.7. The van der Waals surface area contributed by atoms with Gasteiger partial charge in [0.15, 0.2) is 0 Å². The molecule has 2 fully saturated rings. The molecular weight excluding hydrogens is 258 g/mol. The van der Waals surface area contributed by atoms with Gasteiger partial charge in [-0.2, -0.15) is 0 Å². The van der Waals surface area contributed by atoms with E-state index >= 15 is 0 Å². The van der Waals surface area contributed by atoms with Crippen molar-refractivity contribution >= 4 is 11.8 Å². The normalized spacial score (nSPS) is 25.7. The summed E-state index contributed by atoms with van der Waals surface area (Å²) in [6.45, 7) is 6.20. The lowest BCUT2D eigenvalue weighted by Gasteiger charge is -2.49. The zero-order valence-electron chi connectivity index (χ0n) is 12.6. The van der Waals surface area contributed by atoms with Gasteiger partial charge in [-0.15, -0.1) is 0 Å². The molecule has 0 atom stereocenters. The van der Waals surface area contributed by atoms with Gasteiger partial charge in [-0.05, 0) is 26.7 Å². The molecule has 0 aromatic carbocycles. The third-order valence-corrected chi connectivity index (χ3v) is 4.74. The van der Waals surface area contributed by atoms with Crippen LogP contribution in [-0.4, -0.2) is 67.0 Å². The Morgan fingerprint density at radius 1 is 1.30 bits per heavy atom. The average Bonchev–Trinajstić information content (AvgIpc) is 2.45. The van der Waals surface area contributed by atoms with Crippen molar-refractivity contribution in [2.75, 3.05) is 39.9 Å². The van der Waals surface area contributed by atoms with Gasteiger partial charge < -0.3 is 20.3 Å². The highest BCUT2D eigenvalue weighted by atomic mass is 16.5. The van der Waals surface area contributed by atoms with Crippen LogP contribution in [0.1, 0.15) is 26.7 Å². The molecule has 2 N–H and O–H groups in total. The zero-order valence-corrected chi connectivity index (χ0v) is 12.6. The molecule has 2 rings (SSSR count). The Hall–Kier alpha value is -1.14. The molecule has 2 saturated heterocycles. The van der Waals surface area contributed by atoms with E-state index in [4.69, 9.17) is 10.5 Å². The summed E-state index contributed by atoms with van der Waals surface area (Å²) in [5.74, 6) is -0.00826. The topological polar surface area (TPSA) is 75.9 Å². The van der Waals surface area contributed by atoms with Crippen molar-refractivity contribution in [2.45, 2.75) is 32.2 Å². The van der Waals surface area contributed by atoms with Crippen LogP contribution in [-0.2, 0) is 14.3 Å². The molecule has 0 bridgehead atoms. The summed E-state index contributed by atoms with van der Waals surface area (Å²) in [6.07, 6.45) is 1.28. The van der Waals surface area contributed by atoms with Gasteiger partial charge in [0.25, 0.3) is 0 Å². The van der Waals surface area contributed by atoms with Crippen molar-refractivity contribution < 1.29 is 14.3 Å². The van der Waals surface area contributed by atoms with Gasteiger partial charge >= 0.3 is 0 Å². The van der Waals surface area contributed by atoms with E-state index in [2.05, 4.69) is 0 Å². The van der Waals surface area contributed by atoms with Crippen LogP contribution in [0.3, 0.4) is 0 Å². The van der Waals surface area contributed by atoms with Crippen LogP contribution in [0, 0.1) is 5.41 Å². The maximum atomic E-state index is 13.0. The van der Waals surface area contributed by atoms with E-state index in [0.29, 0.717) is 45.7 Å². The summed E-state index contributed by atoms with van der Waals surface area (Å²) < 4.78 is 5.35. The smallest absolute Gasteiger partial charge is 0.247 e. The Labute approximate surface area is 120 Å². The molecule has 0 aliphatic carbocycles. The van der Waals surface area contributed by atoms with Crippen LogP contribution >= 0.6 is 0 Å². The number of hydrogen-bond donors (Lipinski definition) is 1. The van der Waals surface area contributed by atoms with E-state index in [-0.39, 0.29) is 11.8 Å². The molecule has 0 aromatic rings. The number of likely N-dealkylation sites (N-methyl/N-ethyl adjacent to an activating group) is 1. The number of piperazine rings is 1. The highest BCUT2D eigenvalue weighted by Crippen LogP contribution is 2.35. The molecule has 6 nitrogen and oxygen atoms in total. The van der Waals surface area contributed by atoms with Crippen molar-refractivity contribution in [3.05, 3.63) is 0 Å². The molecule has 2 heterocycles. The standard InChI is InChI=1S/C14H25N3O3/c1-13(2)11(18)16(3)6-7-17(13)12(19)14(10-15)4-8-20-9-5-14/h4-10,15H2,1-3H3. The number of nitrogens with two attached hydrogens (primary N) is 1. The van der Waals surface area contributed by atoms with Crippen LogP contribution in [0.25, 0.3) is 0 Å². The van der Waals surface area contributed by atoms with Crippen LogP contribution in [0.2, 0.25) is 0 Å². The fourth-order valence-electron chi connectivity index (χ4n) is 3.12. The number of rotatable bonds is 2. The quantitative estimate of drug-likeness (QED) is 0.763. The average molecular weight is 283 g/mol. The molecule has 6 heteroatoms. The Kier molecular flexibility index (Phi) is 4.07. The summed E-state index contributed by atoms with van der Waals surface area (Å²) in [7, 11) is 1.78. The van der Waals surface area contributed by atoms with Crippen molar-refractivity contribution in [1.29, 1.82) is 0 Å². The first-order chi connectivity index (χ1) is 9.35. The fourth-order valence-corrected chi connectivity index (χ4v) is 3.12. The van der Waals surface area contributed by atoms with Gasteiger partial charge in [0.2, 0.25) is 11.8 Å². The van der Waals surface area contributed by atoms with Crippen molar-refractivity contribution in [3.63, 3.8) is 0 Å². The summed E-state index contributed by atoms with van der Waals surface area (Å²) in [6, 6.07) is 0. The minimum Gasteiger partial charge on any atom is -0.381 e. The lowest BCUT2D eigenvalue weighted by atomic mass is 9.77. The first-order valence-corrected chi connectivity index (χ1v) is 7.20. The van der Waals surface area contributed by atoms with Gasteiger partial charge in [-0.25, -0.2) is 0 Å². The van der Waals surface area contributed by atoms with E-state index in [1.807, 2.05) is 13.8 Å². The number of hydrogen-bond acceptors (Lipinski definition) is 4. The third-order valence-electron chi connectivity index (χ3n) is 4.74. The predicted octanol–water partition coefficient (Wildman–Crippen LogP) is -0.179. The minimum atomic E-state index is -0.801. The first kappa shape index (κ1) is 15.3. The molecule has 2 aliphatic heterocycles. The summed E-state index contributed by atoms with van der Waals surface area (Å²) in [5.41, 5.74) is 4.53. The van der Waals surface area contributed by atoms with Crippen molar-refractivity contribution in [2.24, 2.45) is 11.1 Å². The third kappa shape index (κ3) is 2.31. The zero-order chi connectivity index (χ0) is 15.0. The second kappa shape index (κ2) is 5.33. The SMILES string of the molecule is CN1CCN(C(=O)C2(CN)CCOCC2)C(C)(C)C1=O. The molecule has 0 spiro atoms. The maximum absolute atomic E-state index is 13.0. The Morgan fingerprint density at radius 3 is 2.45 bits per heavy atom. The molecule has 2 amide bonds. The van der Waals surface area contributed by atoms with E-state index < -0.39 is 11.0 Å². The van der Waals surface area contributed by atoms with E-state index in [9.17, 15) is 9.59 Å². The second-order valence-electron chi connectivity index (χ2n) is 6.34. The summed E-state index contributed by atoms with van der Waals surface area (Å²) in [5, 5.41) is 0. The van der Waals surface area contributed by atoms with E-state index in [1.165, 1.54) is 0 Å². The molecule has 114 valence electrons. The molecule has 0 aromatic heterocycles. The van der Waals surface area contributed by atoms with Gasteiger partial charge in [-0.3, -0.25) is 9.59 Å². The number of carbonyl (C=O) groups excluding carboxylic acids is 2. The number of nitrogens with zero attached hydrogens (tertiary/aromatic N) is 2. The lowest BCUT2D eigenvalue weighted by molar-refractivity contribution is -0.166.